The van der Waals surface area contributed by atoms with E-state index in [1.807, 2.05) is 12.5 Å². The molecule has 0 bridgehead atoms. The van der Waals surface area contributed by atoms with E-state index in [9.17, 15) is 4.79 Å². The van der Waals surface area contributed by atoms with Crippen LogP contribution in [0, 0.1) is 0 Å². The minimum absolute atomic E-state index is 0.233. The molecule has 13 heavy (non-hydrogen) atoms. The number of aryl methyl sites for hydroxylation is 1. The van der Waals surface area contributed by atoms with Crippen LogP contribution in [0.3, 0.4) is 0 Å². The van der Waals surface area contributed by atoms with Crippen molar-refractivity contribution in [3.63, 3.8) is 0 Å². The maximum atomic E-state index is 10.8. The van der Waals surface area contributed by atoms with Crippen LogP contribution in [-0.2, 0) is 11.2 Å². The van der Waals surface area contributed by atoms with Gasteiger partial charge in [0.25, 0.3) is 0 Å². The Balaban J connectivity index is 2.65. The number of hydrogen-bond donors (Lipinski definition) is 0. The summed E-state index contributed by atoms with van der Waals surface area (Å²) < 4.78 is 2.10. The number of rotatable bonds is 4. The fourth-order valence-electron chi connectivity index (χ4n) is 1.29. The van der Waals surface area contributed by atoms with Crippen molar-refractivity contribution in [2.45, 2.75) is 39.7 Å². The fourth-order valence-corrected chi connectivity index (χ4v) is 1.29. The number of carbonyl (C=O) groups is 1. The second-order valence-electron chi connectivity index (χ2n) is 3.59. The summed E-state index contributed by atoms with van der Waals surface area (Å²) in [5.74, 6) is 0.233. The van der Waals surface area contributed by atoms with Crippen LogP contribution in [0.5, 0.6) is 0 Å². The third-order valence-corrected chi connectivity index (χ3v) is 2.04. The minimum Gasteiger partial charge on any atom is -0.332 e. The molecule has 0 radical (unpaired) electrons. The SMILES string of the molecule is CC(=O)CCc1cncn1C(C)C. The molecular formula is C10H16N2O. The summed E-state index contributed by atoms with van der Waals surface area (Å²) in [7, 11) is 0. The van der Waals surface area contributed by atoms with Gasteiger partial charge in [-0.2, -0.15) is 0 Å². The maximum Gasteiger partial charge on any atom is 0.130 e. The molecule has 72 valence electrons. The van der Waals surface area contributed by atoms with Crippen molar-refractivity contribution >= 4 is 5.78 Å². The van der Waals surface area contributed by atoms with Gasteiger partial charge in [0.05, 0.1) is 6.33 Å². The number of carbonyl (C=O) groups excluding carboxylic acids is 1. The Morgan fingerprint density at radius 2 is 2.31 bits per heavy atom. The second-order valence-corrected chi connectivity index (χ2v) is 3.59. The van der Waals surface area contributed by atoms with Gasteiger partial charge in [-0.3, -0.25) is 0 Å². The monoisotopic (exact) mass is 180 g/mol. The molecule has 0 N–H and O–H groups in total. The Morgan fingerprint density at radius 3 is 2.85 bits per heavy atom. The molecule has 3 heteroatoms. The number of Topliss-reactive ketones (excluding diaryl/α,β-unsaturated/α-hetero) is 1. The molecular weight excluding hydrogens is 164 g/mol. The van der Waals surface area contributed by atoms with Gasteiger partial charge in [-0.25, -0.2) is 4.98 Å². The van der Waals surface area contributed by atoms with Crippen LogP contribution in [0.1, 0.15) is 38.9 Å². The number of hydrogen-bond acceptors (Lipinski definition) is 2. The van der Waals surface area contributed by atoms with E-state index in [2.05, 4.69) is 23.4 Å². The van der Waals surface area contributed by atoms with Crippen molar-refractivity contribution in [3.05, 3.63) is 18.2 Å². The third kappa shape index (κ3) is 2.68. The smallest absolute Gasteiger partial charge is 0.130 e. The van der Waals surface area contributed by atoms with E-state index in [-0.39, 0.29) is 5.78 Å². The van der Waals surface area contributed by atoms with Gasteiger partial charge in [-0.1, -0.05) is 0 Å². The third-order valence-electron chi connectivity index (χ3n) is 2.04. The zero-order chi connectivity index (χ0) is 9.84. The normalized spacial score (nSPS) is 10.8. The summed E-state index contributed by atoms with van der Waals surface area (Å²) in [5, 5.41) is 0. The zero-order valence-electron chi connectivity index (χ0n) is 8.45. The highest BCUT2D eigenvalue weighted by Crippen LogP contribution is 2.10. The standard InChI is InChI=1S/C10H16N2O/c1-8(2)12-7-11-6-10(12)5-4-9(3)13/h6-8H,4-5H2,1-3H3. The highest BCUT2D eigenvalue weighted by Gasteiger charge is 2.05. The van der Waals surface area contributed by atoms with Gasteiger partial charge >= 0.3 is 0 Å². The molecule has 0 aliphatic heterocycles. The van der Waals surface area contributed by atoms with Gasteiger partial charge in [0.2, 0.25) is 0 Å². The Labute approximate surface area is 78.8 Å². The van der Waals surface area contributed by atoms with E-state index < -0.39 is 0 Å². The number of nitrogens with zero attached hydrogens (tertiary/aromatic N) is 2. The molecule has 0 saturated carbocycles. The fraction of sp³-hybridized carbons (Fsp3) is 0.600. The van der Waals surface area contributed by atoms with Gasteiger partial charge in [0, 0.05) is 24.4 Å². The van der Waals surface area contributed by atoms with Gasteiger partial charge < -0.3 is 9.36 Å². The average molecular weight is 180 g/mol. The highest BCUT2D eigenvalue weighted by molar-refractivity contribution is 5.75. The lowest BCUT2D eigenvalue weighted by atomic mass is 10.2. The van der Waals surface area contributed by atoms with E-state index in [1.54, 1.807) is 6.92 Å². The lowest BCUT2D eigenvalue weighted by molar-refractivity contribution is -0.117. The molecule has 0 unspecified atom stereocenters. The first-order chi connectivity index (χ1) is 6.11. The molecule has 0 fully saturated rings. The quantitative estimate of drug-likeness (QED) is 0.710. The van der Waals surface area contributed by atoms with Crippen molar-refractivity contribution in [2.75, 3.05) is 0 Å². The molecule has 0 atom stereocenters. The van der Waals surface area contributed by atoms with Crippen LogP contribution in [0.2, 0.25) is 0 Å². The summed E-state index contributed by atoms with van der Waals surface area (Å²) in [6, 6.07) is 0.421. The molecule has 0 aliphatic rings. The second kappa shape index (κ2) is 4.21. The van der Waals surface area contributed by atoms with Crippen LogP contribution in [0.25, 0.3) is 0 Å². The molecule has 0 amide bonds. The minimum atomic E-state index is 0.233. The van der Waals surface area contributed by atoms with E-state index in [4.69, 9.17) is 0 Å². The largest absolute Gasteiger partial charge is 0.332 e. The first-order valence-corrected chi connectivity index (χ1v) is 4.61. The molecule has 1 rings (SSSR count). The van der Waals surface area contributed by atoms with Crippen molar-refractivity contribution in [1.29, 1.82) is 0 Å². The highest BCUT2D eigenvalue weighted by atomic mass is 16.1. The topological polar surface area (TPSA) is 34.9 Å². The molecule has 0 spiro atoms. The van der Waals surface area contributed by atoms with Crippen LogP contribution in [0.4, 0.5) is 0 Å². The van der Waals surface area contributed by atoms with Gasteiger partial charge in [0.15, 0.2) is 0 Å². The number of ketones is 1. The molecule has 0 aromatic carbocycles. The summed E-state index contributed by atoms with van der Waals surface area (Å²) in [4.78, 5) is 14.9. The summed E-state index contributed by atoms with van der Waals surface area (Å²) in [6.45, 7) is 5.84. The number of aromatic nitrogens is 2. The Kier molecular flexibility index (Phi) is 3.23. The van der Waals surface area contributed by atoms with Gasteiger partial charge in [-0.05, 0) is 27.2 Å². The van der Waals surface area contributed by atoms with Gasteiger partial charge in [-0.15, -0.1) is 0 Å². The first kappa shape index (κ1) is 9.96. The summed E-state index contributed by atoms with van der Waals surface area (Å²) in [6.07, 6.45) is 5.06. The van der Waals surface area contributed by atoms with E-state index in [0.717, 1.165) is 12.1 Å². The Bertz CT molecular complexity index is 289. The average Bonchev–Trinajstić information content (AvgIpc) is 2.47. The van der Waals surface area contributed by atoms with Crippen molar-refractivity contribution in [3.8, 4) is 0 Å². The van der Waals surface area contributed by atoms with Crippen LogP contribution < -0.4 is 0 Å². The maximum absolute atomic E-state index is 10.8. The zero-order valence-corrected chi connectivity index (χ0v) is 8.45. The lowest BCUT2D eigenvalue weighted by Gasteiger charge is -2.10. The summed E-state index contributed by atoms with van der Waals surface area (Å²) in [5.41, 5.74) is 1.14. The Hall–Kier alpha value is -1.12. The molecule has 0 saturated heterocycles. The molecule has 1 heterocycles. The first-order valence-electron chi connectivity index (χ1n) is 4.61. The van der Waals surface area contributed by atoms with Crippen molar-refractivity contribution in [2.24, 2.45) is 0 Å². The Morgan fingerprint density at radius 1 is 1.62 bits per heavy atom. The van der Waals surface area contributed by atoms with Crippen LogP contribution >= 0.6 is 0 Å². The molecule has 3 nitrogen and oxygen atoms in total. The van der Waals surface area contributed by atoms with Crippen molar-refractivity contribution < 1.29 is 4.79 Å². The predicted molar refractivity (Wildman–Crippen MR) is 51.6 cm³/mol. The van der Waals surface area contributed by atoms with Crippen molar-refractivity contribution in [1.82, 2.24) is 9.55 Å². The van der Waals surface area contributed by atoms with E-state index in [1.165, 1.54) is 0 Å². The van der Waals surface area contributed by atoms with Crippen LogP contribution in [0.15, 0.2) is 12.5 Å². The summed E-state index contributed by atoms with van der Waals surface area (Å²) >= 11 is 0. The molecule has 0 aliphatic carbocycles. The molecule has 1 aromatic rings. The van der Waals surface area contributed by atoms with Gasteiger partial charge in [0.1, 0.15) is 5.78 Å². The molecule has 1 aromatic heterocycles. The number of imidazole rings is 1. The van der Waals surface area contributed by atoms with E-state index in [0.29, 0.717) is 12.5 Å². The van der Waals surface area contributed by atoms with E-state index >= 15 is 0 Å². The lowest BCUT2D eigenvalue weighted by Crippen LogP contribution is -2.05. The van der Waals surface area contributed by atoms with Crippen LogP contribution in [-0.4, -0.2) is 15.3 Å². The predicted octanol–water partition coefficient (Wildman–Crippen LogP) is 1.99.